The number of pyridine rings is 1. The highest BCUT2D eigenvalue weighted by Gasteiger charge is 2.11. The summed E-state index contributed by atoms with van der Waals surface area (Å²) in [4.78, 5) is 22.9. The molecule has 0 saturated carbocycles. The fourth-order valence-corrected chi connectivity index (χ4v) is 1.83. The molecule has 0 saturated heterocycles. The number of carbonyl (C=O) groups excluding carboxylic acids is 1. The van der Waals surface area contributed by atoms with Gasteiger partial charge in [0.1, 0.15) is 6.04 Å². The summed E-state index contributed by atoms with van der Waals surface area (Å²) >= 11 is 0. The van der Waals surface area contributed by atoms with Gasteiger partial charge in [-0.05, 0) is 13.0 Å². The molecule has 1 unspecified atom stereocenters. The first-order chi connectivity index (χ1) is 8.50. The van der Waals surface area contributed by atoms with Crippen LogP contribution in [0, 0.1) is 0 Å². The maximum atomic E-state index is 11.8. The third-order valence-corrected chi connectivity index (χ3v) is 2.95. The minimum absolute atomic E-state index is 0.132. The molecule has 0 aliphatic heterocycles. The summed E-state index contributed by atoms with van der Waals surface area (Å²) < 4.78 is 1.56. The molecule has 1 aromatic heterocycles. The van der Waals surface area contributed by atoms with Gasteiger partial charge < -0.3 is 15.6 Å². The zero-order chi connectivity index (χ0) is 13.3. The first-order valence-corrected chi connectivity index (χ1v) is 5.65. The number of nitrogens with one attached hydrogen (secondary N) is 1. The van der Waals surface area contributed by atoms with Gasteiger partial charge in [0.15, 0.2) is 0 Å². The molecular weight excluding hydrogens is 230 g/mol. The Morgan fingerprint density at radius 1 is 1.39 bits per heavy atom. The predicted molar refractivity (Wildman–Crippen MR) is 71.5 cm³/mol. The van der Waals surface area contributed by atoms with Gasteiger partial charge in [0.25, 0.3) is 5.56 Å². The van der Waals surface area contributed by atoms with Gasteiger partial charge in [0.2, 0.25) is 5.91 Å². The van der Waals surface area contributed by atoms with Crippen LogP contribution in [0.25, 0.3) is 10.9 Å². The van der Waals surface area contributed by atoms with Crippen LogP contribution in [0.2, 0.25) is 0 Å². The number of fused-ring (bicyclic) bond motifs is 1. The van der Waals surface area contributed by atoms with Crippen molar-refractivity contribution in [2.45, 2.75) is 13.0 Å². The number of nitrogens with two attached hydrogens (primary N) is 1. The molecule has 3 N–H and O–H groups in total. The molecule has 18 heavy (non-hydrogen) atoms. The van der Waals surface area contributed by atoms with Crippen molar-refractivity contribution < 1.29 is 4.79 Å². The topological polar surface area (TPSA) is 77.1 Å². The number of para-hydroxylation sites is 1. The third kappa shape index (κ3) is 2.07. The highest BCUT2D eigenvalue weighted by molar-refractivity contribution is 5.93. The molecular formula is C13H15N3O2. The van der Waals surface area contributed by atoms with E-state index in [2.05, 4.69) is 5.32 Å². The van der Waals surface area contributed by atoms with E-state index >= 15 is 0 Å². The van der Waals surface area contributed by atoms with Crippen LogP contribution >= 0.6 is 0 Å². The van der Waals surface area contributed by atoms with Crippen LogP contribution in [-0.2, 0) is 11.8 Å². The van der Waals surface area contributed by atoms with Crippen LogP contribution < -0.4 is 16.6 Å². The molecule has 0 radical (unpaired) electrons. The lowest BCUT2D eigenvalue weighted by Gasteiger charge is -2.15. The monoisotopic (exact) mass is 245 g/mol. The highest BCUT2D eigenvalue weighted by atomic mass is 16.1. The van der Waals surface area contributed by atoms with Crippen LogP contribution in [0.5, 0.6) is 0 Å². The Labute approximate surface area is 104 Å². The van der Waals surface area contributed by atoms with Gasteiger partial charge in [-0.25, -0.2) is 0 Å². The number of benzene rings is 1. The lowest BCUT2D eigenvalue weighted by Crippen LogP contribution is -2.33. The molecule has 0 aliphatic carbocycles. The molecule has 1 heterocycles. The smallest absolute Gasteiger partial charge is 0.252 e. The standard InChI is InChI=1S/C13H15N3O2/c1-8(13(14)18)15-10-7-12(17)16(2)11-6-4-3-5-9(10)11/h3-8,15H,1-2H3,(H2,14,18). The lowest BCUT2D eigenvalue weighted by molar-refractivity contribution is -0.118. The second-order valence-electron chi connectivity index (χ2n) is 4.24. The predicted octanol–water partition coefficient (Wildman–Crippen LogP) is 0.824. The lowest BCUT2D eigenvalue weighted by atomic mass is 10.1. The Hall–Kier alpha value is -2.30. The maximum Gasteiger partial charge on any atom is 0.252 e. The summed E-state index contributed by atoms with van der Waals surface area (Å²) in [6.07, 6.45) is 0. The Morgan fingerprint density at radius 2 is 2.06 bits per heavy atom. The molecule has 0 fully saturated rings. The average Bonchev–Trinajstić information content (AvgIpc) is 2.35. The van der Waals surface area contributed by atoms with Crippen molar-refractivity contribution in [3.63, 3.8) is 0 Å². The molecule has 1 atom stereocenters. The molecule has 5 nitrogen and oxygen atoms in total. The third-order valence-electron chi connectivity index (χ3n) is 2.95. The number of amides is 1. The quantitative estimate of drug-likeness (QED) is 0.840. The van der Waals surface area contributed by atoms with Crippen molar-refractivity contribution in [1.82, 2.24) is 4.57 Å². The summed E-state index contributed by atoms with van der Waals surface area (Å²) in [5, 5.41) is 3.85. The van der Waals surface area contributed by atoms with E-state index in [1.54, 1.807) is 18.5 Å². The van der Waals surface area contributed by atoms with Crippen molar-refractivity contribution in [1.29, 1.82) is 0 Å². The summed E-state index contributed by atoms with van der Waals surface area (Å²) in [7, 11) is 1.71. The largest absolute Gasteiger partial charge is 0.373 e. The number of anilines is 1. The molecule has 0 spiro atoms. The van der Waals surface area contributed by atoms with Crippen molar-refractivity contribution in [2.24, 2.45) is 12.8 Å². The summed E-state index contributed by atoms with van der Waals surface area (Å²) in [6.45, 7) is 1.66. The Kier molecular flexibility index (Phi) is 3.06. The number of rotatable bonds is 3. The molecule has 1 aromatic carbocycles. The van der Waals surface area contributed by atoms with Crippen molar-refractivity contribution in [3.8, 4) is 0 Å². The SMILES string of the molecule is CC(Nc1cc(=O)n(C)c2ccccc12)C(N)=O. The van der Waals surface area contributed by atoms with Crippen molar-refractivity contribution in [3.05, 3.63) is 40.7 Å². The molecule has 0 bridgehead atoms. The molecule has 2 aromatic rings. The summed E-state index contributed by atoms with van der Waals surface area (Å²) in [5.74, 6) is -0.459. The molecule has 0 aliphatic rings. The molecule has 1 amide bonds. The number of aromatic nitrogens is 1. The van der Waals surface area contributed by atoms with E-state index in [1.807, 2.05) is 24.3 Å². The zero-order valence-electron chi connectivity index (χ0n) is 10.3. The first kappa shape index (κ1) is 12.2. The number of hydrogen-bond donors (Lipinski definition) is 2. The maximum absolute atomic E-state index is 11.8. The van der Waals surface area contributed by atoms with Gasteiger partial charge >= 0.3 is 0 Å². The summed E-state index contributed by atoms with van der Waals surface area (Å²) in [5.41, 5.74) is 6.51. The van der Waals surface area contributed by atoms with E-state index < -0.39 is 11.9 Å². The van der Waals surface area contributed by atoms with E-state index in [4.69, 9.17) is 5.73 Å². The van der Waals surface area contributed by atoms with Gasteiger partial charge in [0, 0.05) is 24.2 Å². The van der Waals surface area contributed by atoms with Crippen LogP contribution in [-0.4, -0.2) is 16.5 Å². The minimum Gasteiger partial charge on any atom is -0.373 e. The number of primary amides is 1. The van der Waals surface area contributed by atoms with Crippen LogP contribution in [0.3, 0.4) is 0 Å². The summed E-state index contributed by atoms with van der Waals surface area (Å²) in [6, 6.07) is 8.44. The van der Waals surface area contributed by atoms with E-state index in [0.29, 0.717) is 5.69 Å². The molecule has 5 heteroatoms. The van der Waals surface area contributed by atoms with Crippen LogP contribution in [0.4, 0.5) is 5.69 Å². The van der Waals surface area contributed by atoms with Crippen molar-refractivity contribution in [2.75, 3.05) is 5.32 Å². The van der Waals surface area contributed by atoms with Crippen LogP contribution in [0.1, 0.15) is 6.92 Å². The van der Waals surface area contributed by atoms with Gasteiger partial charge in [0.05, 0.1) is 5.52 Å². The number of hydrogen-bond acceptors (Lipinski definition) is 3. The Balaban J connectivity index is 2.61. The molecule has 2 rings (SSSR count). The van der Waals surface area contributed by atoms with E-state index in [1.165, 1.54) is 6.07 Å². The van der Waals surface area contributed by atoms with E-state index in [9.17, 15) is 9.59 Å². The van der Waals surface area contributed by atoms with Gasteiger partial charge in [-0.3, -0.25) is 9.59 Å². The second-order valence-corrected chi connectivity index (χ2v) is 4.24. The van der Waals surface area contributed by atoms with E-state index in [-0.39, 0.29) is 5.56 Å². The van der Waals surface area contributed by atoms with E-state index in [0.717, 1.165) is 10.9 Å². The Morgan fingerprint density at radius 3 is 2.72 bits per heavy atom. The van der Waals surface area contributed by atoms with Gasteiger partial charge in [-0.2, -0.15) is 0 Å². The minimum atomic E-state index is -0.527. The van der Waals surface area contributed by atoms with Gasteiger partial charge in [-0.15, -0.1) is 0 Å². The Bertz CT molecular complexity index is 661. The fourth-order valence-electron chi connectivity index (χ4n) is 1.83. The number of aryl methyl sites for hydroxylation is 1. The highest BCUT2D eigenvalue weighted by Crippen LogP contribution is 2.21. The zero-order valence-corrected chi connectivity index (χ0v) is 10.3. The number of carbonyl (C=O) groups is 1. The van der Waals surface area contributed by atoms with Crippen molar-refractivity contribution >= 4 is 22.5 Å². The fraction of sp³-hybridized carbons (Fsp3) is 0.231. The average molecular weight is 245 g/mol. The normalized spacial score (nSPS) is 12.3. The first-order valence-electron chi connectivity index (χ1n) is 5.65. The second kappa shape index (κ2) is 4.52. The van der Waals surface area contributed by atoms with Gasteiger partial charge in [-0.1, -0.05) is 18.2 Å². The number of nitrogens with zero attached hydrogens (tertiary/aromatic N) is 1. The van der Waals surface area contributed by atoms with Crippen LogP contribution in [0.15, 0.2) is 35.1 Å². The molecule has 94 valence electrons.